The van der Waals surface area contributed by atoms with Crippen LogP contribution in [0.5, 0.6) is 0 Å². The van der Waals surface area contributed by atoms with Crippen molar-refractivity contribution in [1.29, 1.82) is 0 Å². The number of benzene rings is 1. The molecule has 1 aromatic carbocycles. The Morgan fingerprint density at radius 3 is 1.50 bits per heavy atom. The molecule has 0 fully saturated rings. The Morgan fingerprint density at radius 2 is 1.04 bits per heavy atom. The maximum atomic E-state index is 2.59. The van der Waals surface area contributed by atoms with Gasteiger partial charge in [-0.1, -0.05) is 45.9 Å². The van der Waals surface area contributed by atoms with Crippen LogP contribution in [0.3, 0.4) is 0 Å². The first-order valence-corrected chi connectivity index (χ1v) is 9.77. The van der Waals surface area contributed by atoms with E-state index in [4.69, 9.17) is 0 Å². The Morgan fingerprint density at radius 1 is 0.625 bits per heavy atom. The van der Waals surface area contributed by atoms with Gasteiger partial charge in [0.15, 0.2) is 0 Å². The number of aryl methyl sites for hydroxylation is 2. The third-order valence-corrected chi connectivity index (χ3v) is 5.28. The normalized spacial score (nSPS) is 11.9. The zero-order valence-electron chi connectivity index (χ0n) is 16.9. The lowest BCUT2D eigenvalue weighted by Gasteiger charge is -2.29. The first-order chi connectivity index (χ1) is 11.5. The first-order valence-electron chi connectivity index (χ1n) is 9.77. The molecule has 0 aromatic heterocycles. The van der Waals surface area contributed by atoms with E-state index in [0.717, 1.165) is 45.8 Å². The molecule has 3 heteroatoms. The number of rotatable bonds is 12. The van der Waals surface area contributed by atoms with E-state index in [-0.39, 0.29) is 0 Å². The van der Waals surface area contributed by atoms with Gasteiger partial charge in [0.2, 0.25) is 0 Å². The highest BCUT2D eigenvalue weighted by Crippen LogP contribution is 2.15. The van der Waals surface area contributed by atoms with Crippen molar-refractivity contribution >= 4 is 0 Å². The third kappa shape index (κ3) is 6.92. The minimum absolute atomic E-state index is 1.07. The largest absolute Gasteiger partial charge is 0.303 e. The van der Waals surface area contributed by atoms with Crippen LogP contribution < -0.4 is 0 Å². The van der Waals surface area contributed by atoms with Crippen molar-refractivity contribution in [3.8, 4) is 0 Å². The Hall–Kier alpha value is -0.900. The van der Waals surface area contributed by atoms with Gasteiger partial charge in [0.25, 0.3) is 0 Å². The third-order valence-electron chi connectivity index (χ3n) is 5.28. The van der Waals surface area contributed by atoms with Crippen molar-refractivity contribution in [3.05, 3.63) is 34.9 Å². The summed E-state index contributed by atoms with van der Waals surface area (Å²) in [5.74, 6) is 0. The smallest absolute Gasteiger partial charge is 0.0239 e. The van der Waals surface area contributed by atoms with E-state index in [1.807, 2.05) is 0 Å². The second-order valence-electron chi connectivity index (χ2n) is 6.70. The summed E-state index contributed by atoms with van der Waals surface area (Å²) in [6.45, 7) is 23.8. The van der Waals surface area contributed by atoms with Crippen molar-refractivity contribution in [2.75, 3.05) is 52.4 Å². The fourth-order valence-corrected chi connectivity index (χ4v) is 3.20. The molecule has 0 atom stereocenters. The molecule has 0 radical (unpaired) electrons. The van der Waals surface area contributed by atoms with Crippen LogP contribution in [0.1, 0.15) is 44.4 Å². The molecule has 1 aromatic rings. The highest BCUT2D eigenvalue weighted by molar-refractivity contribution is 5.33. The molecule has 0 saturated carbocycles. The van der Waals surface area contributed by atoms with Gasteiger partial charge in [-0.05, 0) is 56.7 Å². The van der Waals surface area contributed by atoms with Crippen molar-refractivity contribution in [3.63, 3.8) is 0 Å². The molecule has 1 rings (SSSR count). The predicted molar refractivity (Wildman–Crippen MR) is 107 cm³/mol. The van der Waals surface area contributed by atoms with Gasteiger partial charge >= 0.3 is 0 Å². The summed E-state index contributed by atoms with van der Waals surface area (Å²) in [7, 11) is 0. The van der Waals surface area contributed by atoms with Crippen LogP contribution in [0.4, 0.5) is 0 Å². The second kappa shape index (κ2) is 11.6. The van der Waals surface area contributed by atoms with Gasteiger partial charge in [-0.25, -0.2) is 0 Å². The van der Waals surface area contributed by atoms with Crippen molar-refractivity contribution < 1.29 is 0 Å². The van der Waals surface area contributed by atoms with E-state index < -0.39 is 0 Å². The molecule has 138 valence electrons. The number of likely N-dealkylation sites (N-methyl/N-ethyl adjacent to an activating group) is 3. The van der Waals surface area contributed by atoms with Gasteiger partial charge in [0.1, 0.15) is 0 Å². The molecule has 0 N–H and O–H groups in total. The van der Waals surface area contributed by atoms with Gasteiger partial charge in [0, 0.05) is 32.7 Å². The zero-order chi connectivity index (χ0) is 17.9. The number of hydrogen-bond acceptors (Lipinski definition) is 3. The van der Waals surface area contributed by atoms with Gasteiger partial charge in [-0.3, -0.25) is 4.90 Å². The van der Waals surface area contributed by atoms with Crippen LogP contribution in [-0.4, -0.2) is 67.1 Å². The van der Waals surface area contributed by atoms with Crippen LogP contribution in [0, 0.1) is 13.8 Å². The molecule has 0 bridgehead atoms. The molecule has 0 aliphatic carbocycles. The molecule has 3 nitrogen and oxygen atoms in total. The molecule has 0 unspecified atom stereocenters. The van der Waals surface area contributed by atoms with Crippen LogP contribution in [0.2, 0.25) is 0 Å². The topological polar surface area (TPSA) is 9.72 Å². The monoisotopic (exact) mass is 333 g/mol. The highest BCUT2D eigenvalue weighted by atomic mass is 15.2. The number of nitrogens with zero attached hydrogens (tertiary/aromatic N) is 3. The quantitative estimate of drug-likeness (QED) is 0.576. The maximum Gasteiger partial charge on any atom is 0.0239 e. The highest BCUT2D eigenvalue weighted by Gasteiger charge is 2.11. The molecule has 24 heavy (non-hydrogen) atoms. The summed E-state index contributed by atoms with van der Waals surface area (Å²) in [5, 5.41) is 0. The predicted octanol–water partition coefficient (Wildman–Crippen LogP) is 3.79. The van der Waals surface area contributed by atoms with Crippen LogP contribution >= 0.6 is 0 Å². The molecule has 0 aliphatic rings. The molecule has 0 heterocycles. The van der Waals surface area contributed by atoms with Crippen LogP contribution in [-0.2, 0) is 6.54 Å². The molecular weight excluding hydrogens is 294 g/mol. The van der Waals surface area contributed by atoms with Crippen molar-refractivity contribution in [2.24, 2.45) is 0 Å². The molecular formula is C21H39N3. The van der Waals surface area contributed by atoms with Crippen molar-refractivity contribution in [2.45, 2.75) is 48.1 Å². The van der Waals surface area contributed by atoms with E-state index in [0.29, 0.717) is 0 Å². The Balaban J connectivity index is 2.52. The van der Waals surface area contributed by atoms with Gasteiger partial charge in [-0.2, -0.15) is 0 Å². The lowest BCUT2D eigenvalue weighted by atomic mass is 10.0. The minimum atomic E-state index is 1.07. The van der Waals surface area contributed by atoms with E-state index in [1.54, 1.807) is 0 Å². The second-order valence-corrected chi connectivity index (χ2v) is 6.70. The standard InChI is InChI=1S/C21H39N3/c1-7-22(8-2)14-15-23(9-3)16-17-24(10-4)18-21-19(5)12-11-13-20(21)6/h11-13H,7-10,14-18H2,1-6H3. The molecule has 0 amide bonds. The zero-order valence-corrected chi connectivity index (χ0v) is 16.9. The molecule has 0 saturated heterocycles. The SMILES string of the molecule is CCN(CC)CCN(CC)CCN(CC)Cc1c(C)cccc1C. The summed E-state index contributed by atoms with van der Waals surface area (Å²) in [5.41, 5.74) is 4.34. The fraction of sp³-hybridized carbons (Fsp3) is 0.714. The van der Waals surface area contributed by atoms with Gasteiger partial charge < -0.3 is 9.80 Å². The van der Waals surface area contributed by atoms with Gasteiger partial charge in [-0.15, -0.1) is 0 Å². The van der Waals surface area contributed by atoms with E-state index in [9.17, 15) is 0 Å². The Kier molecular flexibility index (Phi) is 10.2. The lowest BCUT2D eigenvalue weighted by Crippen LogP contribution is -2.39. The summed E-state index contributed by atoms with van der Waals surface area (Å²) < 4.78 is 0. The summed E-state index contributed by atoms with van der Waals surface area (Å²) in [6, 6.07) is 6.63. The van der Waals surface area contributed by atoms with Gasteiger partial charge in [0.05, 0.1) is 0 Å². The van der Waals surface area contributed by atoms with Crippen LogP contribution in [0.15, 0.2) is 18.2 Å². The van der Waals surface area contributed by atoms with Crippen molar-refractivity contribution in [1.82, 2.24) is 14.7 Å². The van der Waals surface area contributed by atoms with E-state index >= 15 is 0 Å². The fourth-order valence-electron chi connectivity index (χ4n) is 3.20. The maximum absolute atomic E-state index is 2.59. The average Bonchev–Trinajstić information content (AvgIpc) is 2.59. The van der Waals surface area contributed by atoms with E-state index in [1.165, 1.54) is 29.8 Å². The van der Waals surface area contributed by atoms with E-state index in [2.05, 4.69) is 74.4 Å². The number of hydrogen-bond donors (Lipinski definition) is 0. The minimum Gasteiger partial charge on any atom is -0.303 e. The summed E-state index contributed by atoms with van der Waals surface area (Å²) >= 11 is 0. The Labute approximate surface area is 150 Å². The van der Waals surface area contributed by atoms with Crippen LogP contribution in [0.25, 0.3) is 0 Å². The first kappa shape index (κ1) is 21.1. The lowest BCUT2D eigenvalue weighted by molar-refractivity contribution is 0.185. The Bertz CT molecular complexity index is 434. The molecule has 0 spiro atoms. The molecule has 0 aliphatic heterocycles. The average molecular weight is 334 g/mol. The summed E-state index contributed by atoms with van der Waals surface area (Å²) in [6.07, 6.45) is 0. The summed E-state index contributed by atoms with van der Waals surface area (Å²) in [4.78, 5) is 7.68.